The summed E-state index contributed by atoms with van der Waals surface area (Å²) in [5.74, 6) is 0.794. The largest absolute Gasteiger partial charge is 0.487 e. The van der Waals surface area contributed by atoms with E-state index in [1.165, 1.54) is 0 Å². The van der Waals surface area contributed by atoms with Crippen LogP contribution in [0.1, 0.15) is 31.9 Å². The van der Waals surface area contributed by atoms with E-state index in [1.54, 1.807) is 0 Å². The van der Waals surface area contributed by atoms with Crippen molar-refractivity contribution in [3.63, 3.8) is 0 Å². The molecule has 0 aromatic heterocycles. The fourth-order valence-electron chi connectivity index (χ4n) is 4.95. The first kappa shape index (κ1) is 19.5. The zero-order valence-electron chi connectivity index (χ0n) is 17.4. The summed E-state index contributed by atoms with van der Waals surface area (Å²) in [6, 6.07) is 6.38. The number of amidine groups is 1. The summed E-state index contributed by atoms with van der Waals surface area (Å²) >= 11 is 6.65. The summed E-state index contributed by atoms with van der Waals surface area (Å²) < 4.78 is 17.9. The Hall–Kier alpha value is -2.50. The Morgan fingerprint density at radius 3 is 2.53 bits per heavy atom. The number of halogens is 1. The zero-order chi connectivity index (χ0) is 21.1. The van der Waals surface area contributed by atoms with Crippen LogP contribution < -0.4 is 10.5 Å². The second-order valence-electron chi connectivity index (χ2n) is 8.87. The average molecular weight is 425 g/mol. The van der Waals surface area contributed by atoms with Gasteiger partial charge in [-0.05, 0) is 50.6 Å². The molecule has 4 aliphatic rings. The van der Waals surface area contributed by atoms with Crippen LogP contribution in [0, 0.1) is 5.41 Å². The molecule has 5 rings (SSSR count). The van der Waals surface area contributed by atoms with Crippen molar-refractivity contribution in [2.45, 2.75) is 31.9 Å². The summed E-state index contributed by atoms with van der Waals surface area (Å²) in [7, 11) is 0. The van der Waals surface area contributed by atoms with Crippen molar-refractivity contribution in [3.8, 4) is 5.75 Å². The third-order valence-electron chi connectivity index (χ3n) is 6.81. The summed E-state index contributed by atoms with van der Waals surface area (Å²) in [5, 5.41) is 0.678. The number of ether oxygens (including phenoxy) is 3. The number of hydrogen-bond donors (Lipinski definition) is 1. The van der Waals surface area contributed by atoms with Gasteiger partial charge in [0.25, 0.3) is 6.02 Å². The topological polar surface area (TPSA) is 66.1 Å². The van der Waals surface area contributed by atoms with Gasteiger partial charge < -0.3 is 19.9 Å². The maximum atomic E-state index is 6.65. The van der Waals surface area contributed by atoms with Crippen LogP contribution in [0.25, 0.3) is 5.57 Å². The smallest absolute Gasteiger partial charge is 0.283 e. The van der Waals surface area contributed by atoms with E-state index >= 15 is 0 Å². The van der Waals surface area contributed by atoms with Gasteiger partial charge in [-0.25, -0.2) is 4.99 Å². The molecule has 156 valence electrons. The molecule has 0 saturated carbocycles. The molecule has 1 aliphatic carbocycles. The van der Waals surface area contributed by atoms with Crippen LogP contribution in [0.4, 0.5) is 0 Å². The van der Waals surface area contributed by atoms with Gasteiger partial charge >= 0.3 is 0 Å². The van der Waals surface area contributed by atoms with Crippen molar-refractivity contribution < 1.29 is 14.2 Å². The van der Waals surface area contributed by atoms with Gasteiger partial charge in [-0.2, -0.15) is 0 Å². The summed E-state index contributed by atoms with van der Waals surface area (Å²) in [6.07, 6.45) is 9.98. The molecule has 1 saturated heterocycles. The SMILES string of the molecule is CC1=C/C(c2ccc3c(c2)C2(COC(N)=N2)C2(COC2)C(C)(C)O3)=C(Cl)\C=C\C=C\1. The molecule has 0 radical (unpaired) electrons. The first-order chi connectivity index (χ1) is 14.3. The number of benzene rings is 1. The van der Waals surface area contributed by atoms with Crippen molar-refractivity contribution in [2.24, 2.45) is 16.1 Å². The van der Waals surface area contributed by atoms with E-state index < -0.39 is 11.1 Å². The molecular formula is C24H25ClN2O3. The van der Waals surface area contributed by atoms with Crippen LogP contribution in [0.2, 0.25) is 0 Å². The minimum atomic E-state index is -0.661. The average Bonchev–Trinajstić information content (AvgIpc) is 3.02. The lowest BCUT2D eigenvalue weighted by atomic mass is 9.55. The van der Waals surface area contributed by atoms with E-state index in [4.69, 9.17) is 36.5 Å². The summed E-state index contributed by atoms with van der Waals surface area (Å²) in [6.45, 7) is 7.70. The Morgan fingerprint density at radius 2 is 1.87 bits per heavy atom. The van der Waals surface area contributed by atoms with Gasteiger partial charge in [0.2, 0.25) is 0 Å². The first-order valence-electron chi connectivity index (χ1n) is 10.1. The predicted molar refractivity (Wildman–Crippen MR) is 118 cm³/mol. The number of hydrogen-bond acceptors (Lipinski definition) is 5. The molecule has 1 atom stereocenters. The highest BCUT2D eigenvalue weighted by atomic mass is 35.5. The molecule has 1 unspecified atom stereocenters. The summed E-state index contributed by atoms with van der Waals surface area (Å²) in [5.41, 5.74) is 8.56. The van der Waals surface area contributed by atoms with E-state index in [0.717, 1.165) is 28.0 Å². The molecule has 5 nitrogen and oxygen atoms in total. The third-order valence-corrected chi connectivity index (χ3v) is 7.14. The van der Waals surface area contributed by atoms with Crippen molar-refractivity contribution >= 4 is 23.2 Å². The van der Waals surface area contributed by atoms with Crippen LogP contribution in [0.15, 0.2) is 64.2 Å². The molecular weight excluding hydrogens is 400 g/mol. The Bertz CT molecular complexity index is 1080. The highest BCUT2D eigenvalue weighted by molar-refractivity contribution is 6.35. The van der Waals surface area contributed by atoms with Crippen LogP contribution in [0.5, 0.6) is 5.75 Å². The monoisotopic (exact) mass is 424 g/mol. The first-order valence-corrected chi connectivity index (χ1v) is 10.5. The lowest BCUT2D eigenvalue weighted by Crippen LogP contribution is -2.71. The molecule has 1 fully saturated rings. The van der Waals surface area contributed by atoms with Gasteiger partial charge in [0, 0.05) is 16.2 Å². The van der Waals surface area contributed by atoms with E-state index in [-0.39, 0.29) is 11.4 Å². The van der Waals surface area contributed by atoms with Crippen LogP contribution >= 0.6 is 11.6 Å². The number of rotatable bonds is 1. The molecule has 3 heterocycles. The molecule has 1 aromatic rings. The zero-order valence-corrected chi connectivity index (χ0v) is 18.1. The maximum absolute atomic E-state index is 6.65. The number of nitrogens with two attached hydrogens (primary N) is 1. The number of aliphatic imine (C=N–C) groups is 1. The van der Waals surface area contributed by atoms with Crippen molar-refractivity contribution in [1.29, 1.82) is 0 Å². The molecule has 0 amide bonds. The lowest BCUT2D eigenvalue weighted by Gasteiger charge is -2.61. The second-order valence-corrected chi connectivity index (χ2v) is 9.27. The quantitative estimate of drug-likeness (QED) is 0.723. The van der Waals surface area contributed by atoms with Crippen LogP contribution in [-0.2, 0) is 15.0 Å². The van der Waals surface area contributed by atoms with Gasteiger partial charge in [-0.3, -0.25) is 0 Å². The maximum Gasteiger partial charge on any atom is 0.283 e. The number of allylic oxidation sites excluding steroid dienone is 8. The van der Waals surface area contributed by atoms with Gasteiger partial charge in [0.05, 0.1) is 18.6 Å². The Balaban J connectivity index is 1.73. The van der Waals surface area contributed by atoms with Crippen molar-refractivity contribution in [2.75, 3.05) is 19.8 Å². The standard InChI is InChI=1S/C24H25ClN2O3/c1-15-6-4-5-7-19(25)17(10-15)16-8-9-20-18(11-16)24(14-29-21(26)27-24)23(12-28-13-23)22(2,3)30-20/h4-11H,12-14H2,1-3H3,(H2,26,27)/b5-4?,6-4+,7-5+,15-6?,15-10-,17-10?,19-7?,19-17-. The fraction of sp³-hybridized carbons (Fsp3) is 0.375. The van der Waals surface area contributed by atoms with Gasteiger partial charge in [-0.1, -0.05) is 41.5 Å². The molecule has 6 heteroatoms. The normalized spacial score (nSPS) is 34.4. The van der Waals surface area contributed by atoms with Crippen LogP contribution in [0.3, 0.4) is 0 Å². The molecule has 3 aliphatic heterocycles. The predicted octanol–water partition coefficient (Wildman–Crippen LogP) is 4.44. The van der Waals surface area contributed by atoms with Crippen molar-refractivity contribution in [3.05, 3.63) is 70.3 Å². The Kier molecular flexibility index (Phi) is 4.21. The Morgan fingerprint density at radius 1 is 1.10 bits per heavy atom. The lowest BCUT2D eigenvalue weighted by molar-refractivity contribution is -0.247. The molecule has 30 heavy (non-hydrogen) atoms. The molecule has 0 bridgehead atoms. The highest BCUT2D eigenvalue weighted by Crippen LogP contribution is 2.62. The molecule has 2 N–H and O–H groups in total. The second kappa shape index (κ2) is 6.50. The van der Waals surface area contributed by atoms with Crippen molar-refractivity contribution in [1.82, 2.24) is 0 Å². The minimum Gasteiger partial charge on any atom is -0.487 e. The number of nitrogens with zero attached hydrogens (tertiary/aromatic N) is 1. The van der Waals surface area contributed by atoms with E-state index in [0.29, 0.717) is 24.9 Å². The minimum absolute atomic E-state index is 0.211. The van der Waals surface area contributed by atoms with Crippen LogP contribution in [-0.4, -0.2) is 31.4 Å². The van der Waals surface area contributed by atoms with E-state index in [1.807, 2.05) is 30.4 Å². The number of fused-ring (bicyclic) bond motifs is 3. The van der Waals surface area contributed by atoms with E-state index in [9.17, 15) is 0 Å². The van der Waals surface area contributed by atoms with Gasteiger partial charge in [0.15, 0.2) is 0 Å². The molecule has 2 spiro atoms. The van der Waals surface area contributed by atoms with Gasteiger partial charge in [-0.15, -0.1) is 0 Å². The highest BCUT2D eigenvalue weighted by Gasteiger charge is 2.71. The Labute approximate surface area is 181 Å². The fourth-order valence-corrected chi connectivity index (χ4v) is 5.18. The molecule has 1 aromatic carbocycles. The van der Waals surface area contributed by atoms with E-state index in [2.05, 4.69) is 39.0 Å². The van der Waals surface area contributed by atoms with Gasteiger partial charge in [0.1, 0.15) is 23.5 Å². The third kappa shape index (κ3) is 2.55. The summed E-state index contributed by atoms with van der Waals surface area (Å²) in [4.78, 5) is 4.87.